The first-order valence-electron chi connectivity index (χ1n) is 4.36. The number of benzene rings is 1. The highest BCUT2D eigenvalue weighted by molar-refractivity contribution is 5.23. The summed E-state index contributed by atoms with van der Waals surface area (Å²) in [6, 6.07) is 9.42. The smallest absolute Gasteiger partial charge is 0.0905 e. The van der Waals surface area contributed by atoms with Crippen molar-refractivity contribution < 1.29 is 10.3 Å². The summed E-state index contributed by atoms with van der Waals surface area (Å²) in [6.45, 7) is 1.79. The quantitative estimate of drug-likeness (QED) is 0.613. The molecule has 13 heavy (non-hydrogen) atoms. The second-order valence-electron chi connectivity index (χ2n) is 3.07. The average Bonchev–Trinajstić information content (AvgIpc) is 2.23. The lowest BCUT2D eigenvalue weighted by Gasteiger charge is -2.29. The topological polar surface area (TPSA) is 52.5 Å². The summed E-state index contributed by atoms with van der Waals surface area (Å²) < 4.78 is 0. The molecule has 0 spiro atoms. The minimum absolute atomic E-state index is 0.121. The zero-order valence-corrected chi connectivity index (χ0v) is 7.70. The standard InChI is InChI=1S/C10H15NO2/c1-2-10(8-12,11-13)9-6-4-3-5-7-9/h3-7,11-13H,2,8H2,1H3. The Labute approximate surface area is 78.0 Å². The van der Waals surface area contributed by atoms with Crippen molar-refractivity contribution in [3.8, 4) is 0 Å². The summed E-state index contributed by atoms with van der Waals surface area (Å²) in [5.74, 6) is 0. The van der Waals surface area contributed by atoms with Gasteiger partial charge in [0.1, 0.15) is 0 Å². The molecule has 0 bridgehead atoms. The van der Waals surface area contributed by atoms with Crippen LogP contribution in [0.4, 0.5) is 0 Å². The first-order valence-corrected chi connectivity index (χ1v) is 4.36. The largest absolute Gasteiger partial charge is 0.394 e. The van der Waals surface area contributed by atoms with Crippen LogP contribution in [0.15, 0.2) is 30.3 Å². The molecule has 0 aliphatic heterocycles. The Hall–Kier alpha value is -0.900. The van der Waals surface area contributed by atoms with E-state index in [0.29, 0.717) is 6.42 Å². The van der Waals surface area contributed by atoms with Gasteiger partial charge in [-0.1, -0.05) is 37.3 Å². The van der Waals surface area contributed by atoms with Crippen molar-refractivity contribution in [1.29, 1.82) is 0 Å². The molecule has 0 aliphatic rings. The van der Waals surface area contributed by atoms with Crippen LogP contribution < -0.4 is 5.48 Å². The fourth-order valence-corrected chi connectivity index (χ4v) is 1.34. The molecule has 3 heteroatoms. The Balaban J connectivity index is 3.01. The van der Waals surface area contributed by atoms with Gasteiger partial charge in [0.25, 0.3) is 0 Å². The van der Waals surface area contributed by atoms with Gasteiger partial charge in [-0.15, -0.1) is 0 Å². The zero-order valence-electron chi connectivity index (χ0n) is 7.70. The van der Waals surface area contributed by atoms with Gasteiger partial charge in [0.05, 0.1) is 12.1 Å². The Morgan fingerprint density at radius 1 is 1.31 bits per heavy atom. The number of hydroxylamine groups is 1. The van der Waals surface area contributed by atoms with Crippen LogP contribution in [0.25, 0.3) is 0 Å². The number of hydrogen-bond acceptors (Lipinski definition) is 3. The molecule has 1 aromatic carbocycles. The maximum Gasteiger partial charge on any atom is 0.0905 e. The number of aliphatic hydroxyl groups excluding tert-OH is 1. The summed E-state index contributed by atoms with van der Waals surface area (Å²) in [6.07, 6.45) is 0.629. The van der Waals surface area contributed by atoms with Gasteiger partial charge < -0.3 is 10.3 Å². The van der Waals surface area contributed by atoms with Gasteiger partial charge in [-0.2, -0.15) is 5.48 Å². The van der Waals surface area contributed by atoms with E-state index in [1.54, 1.807) is 0 Å². The van der Waals surface area contributed by atoms with Crippen LogP contribution in [0.3, 0.4) is 0 Å². The van der Waals surface area contributed by atoms with Crippen molar-refractivity contribution >= 4 is 0 Å². The van der Waals surface area contributed by atoms with Crippen molar-refractivity contribution in [2.75, 3.05) is 6.61 Å². The van der Waals surface area contributed by atoms with Crippen molar-refractivity contribution in [2.45, 2.75) is 18.9 Å². The molecular formula is C10H15NO2. The number of nitrogens with one attached hydrogen (secondary N) is 1. The van der Waals surface area contributed by atoms with Crippen LogP contribution >= 0.6 is 0 Å². The number of hydrogen-bond donors (Lipinski definition) is 3. The highest BCUT2D eigenvalue weighted by Gasteiger charge is 2.28. The van der Waals surface area contributed by atoms with E-state index in [-0.39, 0.29) is 6.61 Å². The first-order chi connectivity index (χ1) is 6.29. The Morgan fingerprint density at radius 3 is 2.31 bits per heavy atom. The Bertz CT molecular complexity index is 236. The van der Waals surface area contributed by atoms with Gasteiger partial charge in [-0.3, -0.25) is 0 Å². The first kappa shape index (κ1) is 10.2. The second-order valence-corrected chi connectivity index (χ2v) is 3.07. The lowest BCUT2D eigenvalue weighted by molar-refractivity contribution is 0.0167. The third-order valence-corrected chi connectivity index (χ3v) is 2.41. The molecule has 0 amide bonds. The minimum Gasteiger partial charge on any atom is -0.394 e. The molecule has 0 aliphatic carbocycles. The molecule has 0 saturated heterocycles. The molecule has 3 nitrogen and oxygen atoms in total. The summed E-state index contributed by atoms with van der Waals surface area (Å²) in [5, 5.41) is 18.2. The van der Waals surface area contributed by atoms with Gasteiger partial charge in [0, 0.05) is 0 Å². The predicted octanol–water partition coefficient (Wildman–Crippen LogP) is 1.26. The Morgan fingerprint density at radius 2 is 1.92 bits per heavy atom. The van der Waals surface area contributed by atoms with E-state index >= 15 is 0 Å². The van der Waals surface area contributed by atoms with E-state index in [0.717, 1.165) is 5.56 Å². The third kappa shape index (κ3) is 1.88. The van der Waals surface area contributed by atoms with E-state index in [1.165, 1.54) is 0 Å². The molecule has 0 saturated carbocycles. The number of aliphatic hydroxyl groups is 1. The molecular weight excluding hydrogens is 166 g/mol. The summed E-state index contributed by atoms with van der Waals surface area (Å²) in [4.78, 5) is 0. The van der Waals surface area contributed by atoms with Crippen LogP contribution in [0, 0.1) is 0 Å². The SMILES string of the molecule is CCC(CO)(NO)c1ccccc1. The van der Waals surface area contributed by atoms with Gasteiger partial charge in [0.2, 0.25) is 0 Å². The molecule has 72 valence electrons. The molecule has 1 aromatic rings. The molecule has 1 atom stereocenters. The van der Waals surface area contributed by atoms with Gasteiger partial charge >= 0.3 is 0 Å². The molecule has 0 fully saturated rings. The van der Waals surface area contributed by atoms with E-state index in [2.05, 4.69) is 5.48 Å². The van der Waals surface area contributed by atoms with Crippen molar-refractivity contribution in [1.82, 2.24) is 5.48 Å². The van der Waals surface area contributed by atoms with Crippen LogP contribution in [0.1, 0.15) is 18.9 Å². The molecule has 1 rings (SSSR count). The fourth-order valence-electron chi connectivity index (χ4n) is 1.34. The molecule has 1 unspecified atom stereocenters. The summed E-state index contributed by atoms with van der Waals surface area (Å²) in [5.41, 5.74) is 2.35. The number of rotatable bonds is 4. The van der Waals surface area contributed by atoms with Gasteiger partial charge in [-0.05, 0) is 12.0 Å². The van der Waals surface area contributed by atoms with Crippen LogP contribution in [-0.2, 0) is 5.54 Å². The Kier molecular flexibility index (Phi) is 3.42. The average molecular weight is 181 g/mol. The lowest BCUT2D eigenvalue weighted by Crippen LogP contribution is -2.43. The highest BCUT2D eigenvalue weighted by atomic mass is 16.5. The molecule has 3 N–H and O–H groups in total. The van der Waals surface area contributed by atoms with E-state index < -0.39 is 5.54 Å². The van der Waals surface area contributed by atoms with E-state index in [9.17, 15) is 5.11 Å². The van der Waals surface area contributed by atoms with Crippen molar-refractivity contribution in [3.05, 3.63) is 35.9 Å². The molecule has 0 heterocycles. The normalized spacial score (nSPS) is 15.3. The van der Waals surface area contributed by atoms with Crippen LogP contribution in [0.5, 0.6) is 0 Å². The van der Waals surface area contributed by atoms with Crippen molar-refractivity contribution in [3.63, 3.8) is 0 Å². The van der Waals surface area contributed by atoms with Crippen LogP contribution in [-0.4, -0.2) is 16.9 Å². The fraction of sp³-hybridized carbons (Fsp3) is 0.400. The third-order valence-electron chi connectivity index (χ3n) is 2.41. The van der Waals surface area contributed by atoms with E-state index in [4.69, 9.17) is 5.21 Å². The molecule has 0 aromatic heterocycles. The van der Waals surface area contributed by atoms with E-state index in [1.807, 2.05) is 37.3 Å². The second kappa shape index (κ2) is 4.37. The maximum absolute atomic E-state index is 9.21. The zero-order chi connectivity index (χ0) is 9.73. The summed E-state index contributed by atoms with van der Waals surface area (Å²) >= 11 is 0. The summed E-state index contributed by atoms with van der Waals surface area (Å²) in [7, 11) is 0. The predicted molar refractivity (Wildman–Crippen MR) is 50.4 cm³/mol. The van der Waals surface area contributed by atoms with Gasteiger partial charge in [-0.25, -0.2) is 0 Å². The molecule has 0 radical (unpaired) electrons. The maximum atomic E-state index is 9.21. The highest BCUT2D eigenvalue weighted by Crippen LogP contribution is 2.23. The monoisotopic (exact) mass is 181 g/mol. The van der Waals surface area contributed by atoms with Gasteiger partial charge in [0.15, 0.2) is 0 Å². The minimum atomic E-state index is -0.721. The van der Waals surface area contributed by atoms with Crippen molar-refractivity contribution in [2.24, 2.45) is 0 Å². The van der Waals surface area contributed by atoms with Crippen LogP contribution in [0.2, 0.25) is 0 Å². The lowest BCUT2D eigenvalue weighted by atomic mass is 9.89.